The first kappa shape index (κ1) is 10.2. The van der Waals surface area contributed by atoms with Gasteiger partial charge in [-0.15, -0.1) is 0 Å². The zero-order chi connectivity index (χ0) is 10.7. The standard InChI is InChI=1S/C12H15NO2/c1-9(14)15-11-6-4-10(5-7-11)12-3-2-8-13-12/h4-7,12-13H,2-3,8H2,1H3/t12-/m0/s1. The van der Waals surface area contributed by atoms with Crippen LogP contribution in [0.15, 0.2) is 24.3 Å². The highest BCUT2D eigenvalue weighted by molar-refractivity contribution is 5.69. The molecule has 2 rings (SSSR count). The van der Waals surface area contributed by atoms with Crippen molar-refractivity contribution in [2.45, 2.75) is 25.8 Å². The van der Waals surface area contributed by atoms with Crippen LogP contribution < -0.4 is 10.1 Å². The highest BCUT2D eigenvalue weighted by atomic mass is 16.5. The predicted molar refractivity (Wildman–Crippen MR) is 57.7 cm³/mol. The van der Waals surface area contributed by atoms with E-state index in [9.17, 15) is 4.79 Å². The summed E-state index contributed by atoms with van der Waals surface area (Å²) in [4.78, 5) is 10.7. The Kier molecular flexibility index (Phi) is 3.02. The fourth-order valence-corrected chi connectivity index (χ4v) is 1.90. The fraction of sp³-hybridized carbons (Fsp3) is 0.417. The van der Waals surface area contributed by atoms with Gasteiger partial charge in [0.1, 0.15) is 5.75 Å². The number of rotatable bonds is 2. The Morgan fingerprint density at radius 3 is 2.67 bits per heavy atom. The molecule has 1 aliphatic heterocycles. The maximum absolute atomic E-state index is 10.7. The summed E-state index contributed by atoms with van der Waals surface area (Å²) in [6, 6.07) is 8.19. The van der Waals surface area contributed by atoms with E-state index in [1.807, 2.05) is 24.3 Å². The van der Waals surface area contributed by atoms with Gasteiger partial charge in [-0.25, -0.2) is 0 Å². The molecule has 3 heteroatoms. The van der Waals surface area contributed by atoms with Gasteiger partial charge in [0, 0.05) is 13.0 Å². The molecule has 1 atom stereocenters. The number of carbonyl (C=O) groups excluding carboxylic acids is 1. The normalized spacial score (nSPS) is 20.2. The fourth-order valence-electron chi connectivity index (χ4n) is 1.90. The van der Waals surface area contributed by atoms with E-state index in [0.29, 0.717) is 11.8 Å². The molecule has 0 aliphatic carbocycles. The number of hydrogen-bond donors (Lipinski definition) is 1. The maximum Gasteiger partial charge on any atom is 0.308 e. The molecule has 1 fully saturated rings. The summed E-state index contributed by atoms with van der Waals surface area (Å²) in [6.07, 6.45) is 2.42. The van der Waals surface area contributed by atoms with Crippen molar-refractivity contribution in [1.29, 1.82) is 0 Å². The third-order valence-corrected chi connectivity index (χ3v) is 2.60. The molecular formula is C12H15NO2. The minimum atomic E-state index is -0.276. The molecule has 3 nitrogen and oxygen atoms in total. The Balaban J connectivity index is 2.06. The minimum absolute atomic E-state index is 0.276. The van der Waals surface area contributed by atoms with Crippen LogP contribution >= 0.6 is 0 Å². The van der Waals surface area contributed by atoms with Crippen LogP contribution in [0.5, 0.6) is 5.75 Å². The molecule has 1 aromatic carbocycles. The first-order valence-corrected chi connectivity index (χ1v) is 5.27. The van der Waals surface area contributed by atoms with Crippen LogP contribution in [0, 0.1) is 0 Å². The molecular weight excluding hydrogens is 190 g/mol. The highest BCUT2D eigenvalue weighted by Crippen LogP contribution is 2.24. The molecule has 15 heavy (non-hydrogen) atoms. The molecule has 1 heterocycles. The van der Waals surface area contributed by atoms with E-state index in [2.05, 4.69) is 5.32 Å². The lowest BCUT2D eigenvalue weighted by Crippen LogP contribution is -2.12. The lowest BCUT2D eigenvalue weighted by atomic mass is 10.1. The molecule has 0 unspecified atom stereocenters. The van der Waals surface area contributed by atoms with Gasteiger partial charge in [0.15, 0.2) is 0 Å². The van der Waals surface area contributed by atoms with Crippen molar-refractivity contribution in [3.8, 4) is 5.75 Å². The average molecular weight is 205 g/mol. The average Bonchev–Trinajstić information content (AvgIpc) is 2.71. The lowest BCUT2D eigenvalue weighted by Gasteiger charge is -2.10. The van der Waals surface area contributed by atoms with Crippen LogP contribution in [0.2, 0.25) is 0 Å². The summed E-state index contributed by atoms with van der Waals surface area (Å²) in [7, 11) is 0. The zero-order valence-corrected chi connectivity index (χ0v) is 8.82. The van der Waals surface area contributed by atoms with Crippen LogP contribution in [0.25, 0.3) is 0 Å². The summed E-state index contributed by atoms with van der Waals surface area (Å²) in [5, 5.41) is 3.43. The number of benzene rings is 1. The van der Waals surface area contributed by atoms with E-state index < -0.39 is 0 Å². The summed E-state index contributed by atoms with van der Waals surface area (Å²) in [6.45, 7) is 2.50. The van der Waals surface area contributed by atoms with Crippen LogP contribution in [-0.4, -0.2) is 12.5 Å². The number of hydrogen-bond acceptors (Lipinski definition) is 3. The van der Waals surface area contributed by atoms with E-state index in [1.165, 1.54) is 25.3 Å². The zero-order valence-electron chi connectivity index (χ0n) is 8.82. The highest BCUT2D eigenvalue weighted by Gasteiger charge is 2.15. The van der Waals surface area contributed by atoms with Gasteiger partial charge in [-0.3, -0.25) is 4.79 Å². The minimum Gasteiger partial charge on any atom is -0.427 e. The number of esters is 1. The van der Waals surface area contributed by atoms with Crippen molar-refractivity contribution >= 4 is 5.97 Å². The molecule has 0 spiro atoms. The van der Waals surface area contributed by atoms with Gasteiger partial charge in [-0.1, -0.05) is 12.1 Å². The Bertz CT molecular complexity index is 339. The molecule has 0 amide bonds. The largest absolute Gasteiger partial charge is 0.427 e. The predicted octanol–water partition coefficient (Wildman–Crippen LogP) is 2.04. The number of ether oxygens (including phenoxy) is 1. The molecule has 0 aromatic heterocycles. The smallest absolute Gasteiger partial charge is 0.308 e. The van der Waals surface area contributed by atoms with Crippen molar-refractivity contribution in [2.24, 2.45) is 0 Å². The summed E-state index contributed by atoms with van der Waals surface area (Å²) in [5.74, 6) is 0.339. The van der Waals surface area contributed by atoms with Gasteiger partial charge in [-0.2, -0.15) is 0 Å². The second kappa shape index (κ2) is 4.45. The van der Waals surface area contributed by atoms with Crippen molar-refractivity contribution in [3.63, 3.8) is 0 Å². The Labute approximate surface area is 89.4 Å². The van der Waals surface area contributed by atoms with Crippen LogP contribution in [0.4, 0.5) is 0 Å². The quantitative estimate of drug-likeness (QED) is 0.593. The Hall–Kier alpha value is -1.35. The topological polar surface area (TPSA) is 38.3 Å². The van der Waals surface area contributed by atoms with Crippen LogP contribution in [-0.2, 0) is 4.79 Å². The molecule has 0 saturated carbocycles. The van der Waals surface area contributed by atoms with Crippen molar-refractivity contribution in [1.82, 2.24) is 5.32 Å². The number of nitrogens with one attached hydrogen (secondary N) is 1. The van der Waals surface area contributed by atoms with Gasteiger partial charge in [0.2, 0.25) is 0 Å². The molecule has 0 radical (unpaired) electrons. The molecule has 1 N–H and O–H groups in total. The van der Waals surface area contributed by atoms with E-state index in [-0.39, 0.29) is 5.97 Å². The molecule has 80 valence electrons. The summed E-state index contributed by atoms with van der Waals surface area (Å²) >= 11 is 0. The van der Waals surface area contributed by atoms with Gasteiger partial charge in [0.25, 0.3) is 0 Å². The third-order valence-electron chi connectivity index (χ3n) is 2.60. The van der Waals surface area contributed by atoms with E-state index in [1.54, 1.807) is 0 Å². The van der Waals surface area contributed by atoms with Crippen LogP contribution in [0.3, 0.4) is 0 Å². The molecule has 1 aromatic rings. The Morgan fingerprint density at radius 1 is 1.40 bits per heavy atom. The van der Waals surface area contributed by atoms with Gasteiger partial charge in [-0.05, 0) is 37.1 Å². The van der Waals surface area contributed by atoms with Crippen molar-refractivity contribution in [2.75, 3.05) is 6.54 Å². The first-order chi connectivity index (χ1) is 7.25. The third kappa shape index (κ3) is 2.57. The monoisotopic (exact) mass is 205 g/mol. The van der Waals surface area contributed by atoms with E-state index >= 15 is 0 Å². The van der Waals surface area contributed by atoms with Crippen LogP contribution in [0.1, 0.15) is 31.4 Å². The molecule has 0 bridgehead atoms. The maximum atomic E-state index is 10.7. The van der Waals surface area contributed by atoms with Gasteiger partial charge in [0.05, 0.1) is 0 Å². The summed E-state index contributed by atoms with van der Waals surface area (Å²) in [5.41, 5.74) is 1.27. The van der Waals surface area contributed by atoms with Crippen molar-refractivity contribution in [3.05, 3.63) is 29.8 Å². The number of carbonyl (C=O) groups is 1. The van der Waals surface area contributed by atoms with E-state index in [0.717, 1.165) is 6.54 Å². The first-order valence-electron chi connectivity index (χ1n) is 5.27. The van der Waals surface area contributed by atoms with Gasteiger partial charge >= 0.3 is 5.97 Å². The van der Waals surface area contributed by atoms with Gasteiger partial charge < -0.3 is 10.1 Å². The van der Waals surface area contributed by atoms with Crippen molar-refractivity contribution < 1.29 is 9.53 Å². The lowest BCUT2D eigenvalue weighted by molar-refractivity contribution is -0.131. The SMILES string of the molecule is CC(=O)Oc1ccc([C@@H]2CCCN2)cc1. The molecule has 1 aliphatic rings. The molecule has 1 saturated heterocycles. The second-order valence-corrected chi connectivity index (χ2v) is 3.81. The Morgan fingerprint density at radius 2 is 2.13 bits per heavy atom. The summed E-state index contributed by atoms with van der Waals surface area (Å²) < 4.78 is 4.97. The second-order valence-electron chi connectivity index (χ2n) is 3.81. The van der Waals surface area contributed by atoms with E-state index in [4.69, 9.17) is 4.74 Å².